The number of hydrogen-bond donors (Lipinski definition) is 0. The van der Waals surface area contributed by atoms with Crippen LogP contribution in [0.4, 0.5) is 5.69 Å². The highest BCUT2D eigenvalue weighted by Crippen LogP contribution is 2.46. The molecule has 0 saturated carbocycles. The number of aliphatic imine (C=N–C) groups is 3. The van der Waals surface area contributed by atoms with Gasteiger partial charge in [-0.05, 0) is 83.8 Å². The van der Waals surface area contributed by atoms with E-state index in [0.717, 1.165) is 45.4 Å². The molecule has 4 nitrogen and oxygen atoms in total. The van der Waals surface area contributed by atoms with E-state index in [0.29, 0.717) is 24.1 Å². The standard InChI is InChI=1S/C47H40N4/c1-3-36(20-14-15-31-51-44-29-12-10-27-42(44)43-28-11-13-30-45(43)51)38-23-16-26-41(32-38)47(49-34-35-18-6-4-7-19-35)50-46(48-2)40-25-17-24-39(33-40)37-21-8-5-9-22-37/h3-27,29-33,43H,2,28,34H2,1H3/b20-14-,31-15+,36-3+,49-47-,50-46-. The van der Waals surface area contributed by atoms with Crippen molar-refractivity contribution in [3.8, 4) is 11.1 Å². The number of rotatable bonds is 9. The molecular weight excluding hydrogens is 621 g/mol. The zero-order valence-corrected chi connectivity index (χ0v) is 28.8. The van der Waals surface area contributed by atoms with Gasteiger partial charge >= 0.3 is 0 Å². The highest BCUT2D eigenvalue weighted by atomic mass is 15.2. The summed E-state index contributed by atoms with van der Waals surface area (Å²) in [6.07, 6.45) is 18.4. The number of benzene rings is 5. The molecule has 5 aromatic carbocycles. The Kier molecular flexibility index (Phi) is 10.3. The van der Waals surface area contributed by atoms with Crippen molar-refractivity contribution in [1.29, 1.82) is 0 Å². The maximum absolute atomic E-state index is 5.06. The molecule has 2 aliphatic rings. The molecule has 1 unspecified atom stereocenters. The van der Waals surface area contributed by atoms with Crippen LogP contribution in [0.1, 0.15) is 47.1 Å². The summed E-state index contributed by atoms with van der Waals surface area (Å²) in [5.74, 6) is 1.54. The summed E-state index contributed by atoms with van der Waals surface area (Å²) >= 11 is 0. The normalized spacial score (nSPS) is 16.0. The molecule has 0 N–H and O–H groups in total. The predicted molar refractivity (Wildman–Crippen MR) is 217 cm³/mol. The van der Waals surface area contributed by atoms with E-state index in [-0.39, 0.29) is 0 Å². The summed E-state index contributed by atoms with van der Waals surface area (Å²) in [7, 11) is 0. The Hall–Kier alpha value is -6.39. The first-order chi connectivity index (χ1) is 25.2. The molecule has 1 aliphatic carbocycles. The van der Waals surface area contributed by atoms with E-state index in [2.05, 4.69) is 157 Å². The van der Waals surface area contributed by atoms with Crippen LogP contribution in [-0.2, 0) is 6.54 Å². The third-order valence-electron chi connectivity index (χ3n) is 9.21. The van der Waals surface area contributed by atoms with Crippen LogP contribution in [0.15, 0.2) is 203 Å². The van der Waals surface area contributed by atoms with Crippen molar-refractivity contribution in [2.24, 2.45) is 15.0 Å². The van der Waals surface area contributed by atoms with E-state index in [1.54, 1.807) is 0 Å². The molecule has 0 saturated heterocycles. The lowest BCUT2D eigenvalue weighted by atomic mass is 9.92. The van der Waals surface area contributed by atoms with Gasteiger partial charge in [0.05, 0.1) is 6.54 Å². The fourth-order valence-corrected chi connectivity index (χ4v) is 6.65. The Morgan fingerprint density at radius 3 is 2.25 bits per heavy atom. The number of hydrogen-bond acceptors (Lipinski definition) is 2. The van der Waals surface area contributed by atoms with Crippen molar-refractivity contribution >= 4 is 29.6 Å². The molecule has 51 heavy (non-hydrogen) atoms. The molecule has 0 fully saturated rings. The summed E-state index contributed by atoms with van der Waals surface area (Å²) in [6.45, 7) is 6.46. The molecule has 4 heteroatoms. The van der Waals surface area contributed by atoms with E-state index < -0.39 is 0 Å². The van der Waals surface area contributed by atoms with Crippen LogP contribution in [0.3, 0.4) is 0 Å². The first-order valence-corrected chi connectivity index (χ1v) is 17.4. The van der Waals surface area contributed by atoms with Crippen LogP contribution in [0.2, 0.25) is 0 Å². The summed E-state index contributed by atoms with van der Waals surface area (Å²) in [5, 5.41) is 0. The maximum atomic E-state index is 5.06. The van der Waals surface area contributed by atoms with E-state index >= 15 is 0 Å². The fraction of sp³-hybridized carbons (Fsp3) is 0.0851. The molecule has 7 rings (SSSR count). The minimum absolute atomic E-state index is 0.415. The lowest BCUT2D eigenvalue weighted by molar-refractivity contribution is 0.818. The molecule has 248 valence electrons. The Morgan fingerprint density at radius 2 is 1.45 bits per heavy atom. The van der Waals surface area contributed by atoms with Crippen LogP contribution < -0.4 is 4.90 Å². The van der Waals surface area contributed by atoms with Gasteiger partial charge in [-0.1, -0.05) is 146 Å². The monoisotopic (exact) mass is 660 g/mol. The average molecular weight is 661 g/mol. The van der Waals surface area contributed by atoms with Gasteiger partial charge in [0.1, 0.15) is 0 Å². The van der Waals surface area contributed by atoms with Gasteiger partial charge in [0, 0.05) is 34.6 Å². The van der Waals surface area contributed by atoms with Gasteiger partial charge in [0.25, 0.3) is 0 Å². The average Bonchev–Trinajstić information content (AvgIpc) is 3.52. The van der Waals surface area contributed by atoms with Gasteiger partial charge in [-0.15, -0.1) is 0 Å². The molecule has 5 aromatic rings. The molecule has 0 aromatic heterocycles. The summed E-state index contributed by atoms with van der Waals surface area (Å²) in [5.41, 5.74) is 11.3. The SMILES string of the molecule is C=N/C(=N\C(=N/Cc1ccccc1)c1cccc(C(/C=C\C=C\N2C3=CC=CCC3c3ccccc32)=C/C)c1)c1cccc(-c2ccccc2)c1. The first kappa shape index (κ1) is 33.1. The molecule has 1 aliphatic heterocycles. The second-order valence-corrected chi connectivity index (χ2v) is 12.4. The van der Waals surface area contributed by atoms with Crippen molar-refractivity contribution < 1.29 is 0 Å². The minimum Gasteiger partial charge on any atom is -0.320 e. The lowest BCUT2D eigenvalue weighted by Crippen LogP contribution is -2.13. The molecule has 1 heterocycles. The van der Waals surface area contributed by atoms with Crippen LogP contribution in [0.5, 0.6) is 0 Å². The Labute approximate surface area is 301 Å². The Balaban J connectivity index is 1.18. The second-order valence-electron chi connectivity index (χ2n) is 12.4. The number of para-hydroxylation sites is 1. The molecule has 1 atom stereocenters. The zero-order chi connectivity index (χ0) is 34.8. The smallest absolute Gasteiger partial charge is 0.161 e. The summed E-state index contributed by atoms with van der Waals surface area (Å²) in [6, 6.07) is 45.9. The van der Waals surface area contributed by atoms with Crippen LogP contribution in [-0.4, -0.2) is 18.4 Å². The van der Waals surface area contributed by atoms with Gasteiger partial charge in [-0.3, -0.25) is 4.99 Å². The highest BCUT2D eigenvalue weighted by molar-refractivity contribution is 6.13. The maximum Gasteiger partial charge on any atom is 0.161 e. The number of allylic oxidation sites excluding steroid dienone is 9. The van der Waals surface area contributed by atoms with E-state index in [1.807, 2.05) is 48.5 Å². The predicted octanol–water partition coefficient (Wildman–Crippen LogP) is 11.4. The van der Waals surface area contributed by atoms with Gasteiger partial charge in [-0.25, -0.2) is 9.98 Å². The topological polar surface area (TPSA) is 40.3 Å². The third-order valence-corrected chi connectivity index (χ3v) is 9.21. The second kappa shape index (κ2) is 15.9. The van der Waals surface area contributed by atoms with Crippen LogP contribution in [0, 0.1) is 0 Å². The Morgan fingerprint density at radius 1 is 0.745 bits per heavy atom. The fourth-order valence-electron chi connectivity index (χ4n) is 6.65. The van der Waals surface area contributed by atoms with Crippen molar-refractivity contribution in [1.82, 2.24) is 0 Å². The third kappa shape index (κ3) is 7.61. The highest BCUT2D eigenvalue weighted by Gasteiger charge is 2.32. The largest absolute Gasteiger partial charge is 0.320 e. The van der Waals surface area contributed by atoms with Crippen LogP contribution in [0.25, 0.3) is 16.7 Å². The molecule has 0 amide bonds. The molecule has 0 bridgehead atoms. The van der Waals surface area contributed by atoms with Crippen molar-refractivity contribution in [3.63, 3.8) is 0 Å². The quantitative estimate of drug-likeness (QED) is 0.0881. The molecule has 0 radical (unpaired) electrons. The van der Waals surface area contributed by atoms with E-state index in [4.69, 9.17) is 9.98 Å². The molecular formula is C47H40N4. The zero-order valence-electron chi connectivity index (χ0n) is 28.8. The summed E-state index contributed by atoms with van der Waals surface area (Å²) < 4.78 is 0. The van der Waals surface area contributed by atoms with Crippen LogP contribution >= 0.6 is 0 Å². The van der Waals surface area contributed by atoms with Crippen molar-refractivity contribution in [3.05, 3.63) is 216 Å². The molecule has 0 spiro atoms. The number of fused-ring (bicyclic) bond motifs is 3. The number of nitrogens with zero attached hydrogens (tertiary/aromatic N) is 4. The van der Waals surface area contributed by atoms with Gasteiger partial charge in [0.2, 0.25) is 0 Å². The number of anilines is 1. The minimum atomic E-state index is 0.415. The summed E-state index contributed by atoms with van der Waals surface area (Å²) in [4.78, 5) is 16.8. The Bertz CT molecular complexity index is 2230. The van der Waals surface area contributed by atoms with Gasteiger partial charge in [0.15, 0.2) is 11.7 Å². The van der Waals surface area contributed by atoms with E-state index in [1.165, 1.54) is 16.9 Å². The van der Waals surface area contributed by atoms with Gasteiger partial charge in [-0.2, -0.15) is 0 Å². The van der Waals surface area contributed by atoms with Crippen molar-refractivity contribution in [2.75, 3.05) is 4.90 Å². The van der Waals surface area contributed by atoms with Gasteiger partial charge < -0.3 is 4.90 Å². The van der Waals surface area contributed by atoms with Crippen molar-refractivity contribution in [2.45, 2.75) is 25.8 Å². The lowest BCUT2D eigenvalue weighted by Gasteiger charge is -2.20. The first-order valence-electron chi connectivity index (χ1n) is 17.4. The van der Waals surface area contributed by atoms with E-state index in [9.17, 15) is 0 Å². The number of amidine groups is 2.